The summed E-state index contributed by atoms with van der Waals surface area (Å²) in [7, 11) is 0. The van der Waals surface area contributed by atoms with Gasteiger partial charge in [0, 0.05) is 13.5 Å². The topological polar surface area (TPSA) is 75.2 Å². The van der Waals surface area contributed by atoms with Crippen molar-refractivity contribution >= 4 is 17.4 Å². The summed E-state index contributed by atoms with van der Waals surface area (Å²) in [5.41, 5.74) is 2.05. The van der Waals surface area contributed by atoms with Crippen molar-refractivity contribution in [3.8, 4) is 0 Å². The zero-order valence-corrected chi connectivity index (χ0v) is 16.8. The highest BCUT2D eigenvalue weighted by molar-refractivity contribution is 5.99. The number of nitrogens with one attached hydrogen (secondary N) is 1. The zero-order chi connectivity index (χ0) is 20.3. The van der Waals surface area contributed by atoms with E-state index in [2.05, 4.69) is 4.98 Å². The fourth-order valence-electron chi connectivity index (χ4n) is 3.25. The second-order valence-corrected chi connectivity index (χ2v) is 7.03. The summed E-state index contributed by atoms with van der Waals surface area (Å²) in [6.07, 6.45) is 3.64. The fraction of sp³-hybridized carbons (Fsp3) is 0.381. The van der Waals surface area contributed by atoms with E-state index in [9.17, 15) is 14.4 Å². The van der Waals surface area contributed by atoms with Crippen molar-refractivity contribution in [2.45, 2.75) is 54.0 Å². The van der Waals surface area contributed by atoms with Crippen LogP contribution in [0.15, 0.2) is 39.9 Å². The van der Waals surface area contributed by atoms with E-state index in [1.54, 1.807) is 0 Å². The van der Waals surface area contributed by atoms with E-state index in [0.717, 1.165) is 11.1 Å². The lowest BCUT2D eigenvalue weighted by molar-refractivity contribution is -0.115. The van der Waals surface area contributed by atoms with Crippen LogP contribution in [-0.2, 0) is 11.3 Å². The van der Waals surface area contributed by atoms with Gasteiger partial charge in [-0.05, 0) is 49.9 Å². The van der Waals surface area contributed by atoms with Crippen molar-refractivity contribution in [1.82, 2.24) is 9.55 Å². The highest BCUT2D eigenvalue weighted by Crippen LogP contribution is 2.31. The van der Waals surface area contributed by atoms with Gasteiger partial charge in [-0.1, -0.05) is 32.1 Å². The van der Waals surface area contributed by atoms with E-state index < -0.39 is 11.2 Å². The Labute approximate surface area is 159 Å². The summed E-state index contributed by atoms with van der Waals surface area (Å²) >= 11 is 0. The molecule has 1 aromatic carbocycles. The fourth-order valence-corrected chi connectivity index (χ4v) is 3.25. The summed E-state index contributed by atoms with van der Waals surface area (Å²) in [6, 6.07) is 5.77. The van der Waals surface area contributed by atoms with Crippen molar-refractivity contribution in [3.05, 3.63) is 67.9 Å². The monoisotopic (exact) mass is 369 g/mol. The van der Waals surface area contributed by atoms with Crippen LogP contribution in [0.25, 0.3) is 0 Å². The Bertz CT molecular complexity index is 976. The van der Waals surface area contributed by atoms with Gasteiger partial charge in [0.2, 0.25) is 5.91 Å². The summed E-state index contributed by atoms with van der Waals surface area (Å²) in [5.74, 6) is -0.107. The van der Waals surface area contributed by atoms with Gasteiger partial charge in [0.25, 0.3) is 5.56 Å². The maximum absolute atomic E-state index is 12.7. The Morgan fingerprint density at radius 3 is 2.26 bits per heavy atom. The quantitative estimate of drug-likeness (QED) is 0.819. The van der Waals surface area contributed by atoms with Gasteiger partial charge in [0.1, 0.15) is 5.82 Å². The van der Waals surface area contributed by atoms with Crippen molar-refractivity contribution in [3.63, 3.8) is 0 Å². The normalized spacial score (nSPS) is 11.4. The first-order valence-corrected chi connectivity index (χ1v) is 9.04. The van der Waals surface area contributed by atoms with E-state index in [1.807, 2.05) is 65.0 Å². The number of aromatic nitrogens is 2. The number of rotatable bonds is 5. The Kier molecular flexibility index (Phi) is 6.20. The average Bonchev–Trinajstić information content (AvgIpc) is 2.52. The van der Waals surface area contributed by atoms with Gasteiger partial charge in [0.05, 0.1) is 11.3 Å². The molecule has 0 aliphatic rings. The molecule has 6 heteroatoms. The number of nitrogens with zero attached hydrogens (tertiary/aromatic N) is 2. The molecule has 0 aliphatic heterocycles. The molecule has 0 atom stereocenters. The average molecular weight is 369 g/mol. The number of H-pyrrole nitrogens is 1. The molecule has 1 aromatic heterocycles. The number of carbonyl (C=O) groups is 1. The molecule has 6 nitrogen and oxygen atoms in total. The van der Waals surface area contributed by atoms with Crippen molar-refractivity contribution < 1.29 is 4.79 Å². The van der Waals surface area contributed by atoms with Gasteiger partial charge in [-0.25, -0.2) is 4.79 Å². The third kappa shape index (κ3) is 4.27. The summed E-state index contributed by atoms with van der Waals surface area (Å²) in [6.45, 7) is 11.2. The summed E-state index contributed by atoms with van der Waals surface area (Å²) < 4.78 is 1.44. The zero-order valence-electron chi connectivity index (χ0n) is 16.8. The minimum absolute atomic E-state index is 0.172. The first-order chi connectivity index (χ1) is 12.7. The first kappa shape index (κ1) is 20.4. The summed E-state index contributed by atoms with van der Waals surface area (Å²) in [5, 5.41) is 0. The van der Waals surface area contributed by atoms with E-state index >= 15 is 0 Å². The SMILES string of the molecule is C/C=C/Cn1c(N(C(C)=O)c2cc(C)cc(C)c2)c(C(C)C)c(=O)[nH]c1=O. The number of amides is 1. The van der Waals surface area contributed by atoms with Crippen LogP contribution in [0, 0.1) is 13.8 Å². The third-order valence-electron chi connectivity index (χ3n) is 4.30. The maximum atomic E-state index is 12.7. The van der Waals surface area contributed by atoms with Crippen LogP contribution < -0.4 is 16.1 Å². The number of hydrogen-bond acceptors (Lipinski definition) is 3. The van der Waals surface area contributed by atoms with Gasteiger partial charge in [0.15, 0.2) is 0 Å². The molecule has 0 spiro atoms. The van der Waals surface area contributed by atoms with Crippen molar-refractivity contribution in [2.75, 3.05) is 4.90 Å². The highest BCUT2D eigenvalue weighted by atomic mass is 16.2. The lowest BCUT2D eigenvalue weighted by Crippen LogP contribution is -2.39. The standard InChI is InChI=1S/C21H27N3O3/c1-7-8-9-23-20(18(13(2)3)19(26)22-21(23)27)24(16(6)25)17-11-14(4)10-15(5)12-17/h7-8,10-13H,9H2,1-6H3,(H,22,26,27)/b8-7+. The Balaban J connectivity index is 2.94. The smallest absolute Gasteiger partial charge is 0.275 e. The van der Waals surface area contributed by atoms with Crippen LogP contribution in [0.4, 0.5) is 11.5 Å². The molecule has 2 aromatic rings. The van der Waals surface area contributed by atoms with E-state index in [-0.39, 0.29) is 18.4 Å². The number of aryl methyl sites for hydroxylation is 2. The second kappa shape index (κ2) is 8.20. The van der Waals surface area contributed by atoms with E-state index in [0.29, 0.717) is 17.1 Å². The van der Waals surface area contributed by atoms with E-state index in [1.165, 1.54) is 16.4 Å². The van der Waals surface area contributed by atoms with Crippen LogP contribution in [0.5, 0.6) is 0 Å². The molecule has 144 valence electrons. The molecule has 2 rings (SSSR count). The predicted molar refractivity (Wildman–Crippen MR) is 109 cm³/mol. The molecule has 1 heterocycles. The third-order valence-corrected chi connectivity index (χ3v) is 4.30. The number of hydrogen-bond donors (Lipinski definition) is 1. The van der Waals surface area contributed by atoms with Crippen LogP contribution >= 0.6 is 0 Å². The number of aromatic amines is 1. The van der Waals surface area contributed by atoms with Gasteiger partial charge in [-0.3, -0.25) is 24.0 Å². The first-order valence-electron chi connectivity index (χ1n) is 9.04. The van der Waals surface area contributed by atoms with Crippen LogP contribution in [-0.4, -0.2) is 15.5 Å². The number of anilines is 2. The van der Waals surface area contributed by atoms with Crippen molar-refractivity contribution in [1.29, 1.82) is 0 Å². The molecule has 1 amide bonds. The Morgan fingerprint density at radius 2 is 1.78 bits per heavy atom. The maximum Gasteiger partial charge on any atom is 0.330 e. The van der Waals surface area contributed by atoms with Crippen LogP contribution in [0.3, 0.4) is 0 Å². The molecule has 0 aliphatic carbocycles. The molecule has 0 saturated carbocycles. The summed E-state index contributed by atoms with van der Waals surface area (Å²) in [4.78, 5) is 41.7. The molecule has 0 radical (unpaired) electrons. The van der Waals surface area contributed by atoms with Gasteiger partial charge < -0.3 is 0 Å². The molecule has 27 heavy (non-hydrogen) atoms. The molecular formula is C21H27N3O3. The molecule has 0 saturated heterocycles. The molecule has 0 bridgehead atoms. The minimum atomic E-state index is -0.534. The van der Waals surface area contributed by atoms with E-state index in [4.69, 9.17) is 0 Å². The number of benzene rings is 1. The Hall–Kier alpha value is -2.89. The molecule has 0 unspecified atom stereocenters. The predicted octanol–water partition coefficient (Wildman–Crippen LogP) is 3.54. The lowest BCUT2D eigenvalue weighted by Gasteiger charge is -2.28. The Morgan fingerprint density at radius 1 is 1.19 bits per heavy atom. The minimum Gasteiger partial charge on any atom is -0.275 e. The molecule has 1 N–H and O–H groups in total. The largest absolute Gasteiger partial charge is 0.330 e. The lowest BCUT2D eigenvalue weighted by atomic mass is 10.0. The molecule has 0 fully saturated rings. The van der Waals surface area contributed by atoms with Gasteiger partial charge in [-0.15, -0.1) is 0 Å². The number of carbonyl (C=O) groups excluding carboxylic acids is 1. The van der Waals surface area contributed by atoms with Gasteiger partial charge in [-0.2, -0.15) is 0 Å². The number of allylic oxidation sites excluding steroid dienone is 2. The second-order valence-electron chi connectivity index (χ2n) is 7.03. The highest BCUT2D eigenvalue weighted by Gasteiger charge is 2.26. The van der Waals surface area contributed by atoms with Crippen molar-refractivity contribution in [2.24, 2.45) is 0 Å². The van der Waals surface area contributed by atoms with Gasteiger partial charge >= 0.3 is 5.69 Å². The van der Waals surface area contributed by atoms with Crippen LogP contribution in [0.1, 0.15) is 50.3 Å². The van der Waals surface area contributed by atoms with Crippen LogP contribution in [0.2, 0.25) is 0 Å². The molecular weight excluding hydrogens is 342 g/mol.